The quantitative estimate of drug-likeness (QED) is 0.684. The highest BCUT2D eigenvalue weighted by Gasteiger charge is 2.15. The van der Waals surface area contributed by atoms with Gasteiger partial charge < -0.3 is 15.2 Å². The number of esters is 1. The molecule has 21 heavy (non-hydrogen) atoms. The molecule has 4 nitrogen and oxygen atoms in total. The predicted molar refractivity (Wildman–Crippen MR) is 83.2 cm³/mol. The lowest BCUT2D eigenvalue weighted by atomic mass is 10.1. The lowest BCUT2D eigenvalue weighted by molar-refractivity contribution is 0.0598. The van der Waals surface area contributed by atoms with Crippen molar-refractivity contribution in [1.82, 2.24) is 0 Å². The van der Waals surface area contributed by atoms with E-state index in [9.17, 15) is 4.79 Å². The van der Waals surface area contributed by atoms with Crippen molar-refractivity contribution in [3.8, 4) is 11.5 Å². The van der Waals surface area contributed by atoms with Crippen molar-refractivity contribution >= 4 is 23.3 Å². The van der Waals surface area contributed by atoms with E-state index < -0.39 is 5.97 Å². The number of ether oxygens (including phenoxy) is 2. The van der Waals surface area contributed by atoms with Gasteiger partial charge in [0.25, 0.3) is 0 Å². The smallest absolute Gasteiger partial charge is 0.341 e. The van der Waals surface area contributed by atoms with Crippen LogP contribution in [0.3, 0.4) is 0 Å². The number of anilines is 1. The maximum Gasteiger partial charge on any atom is 0.341 e. The molecule has 0 heterocycles. The molecule has 0 fully saturated rings. The van der Waals surface area contributed by atoms with E-state index >= 15 is 0 Å². The van der Waals surface area contributed by atoms with Crippen molar-refractivity contribution in [3.63, 3.8) is 0 Å². The van der Waals surface area contributed by atoms with Gasteiger partial charge in [-0.05, 0) is 55.3 Å². The molecule has 5 heteroatoms. The van der Waals surface area contributed by atoms with E-state index in [1.807, 2.05) is 26.0 Å². The largest absolute Gasteiger partial charge is 0.465 e. The van der Waals surface area contributed by atoms with Gasteiger partial charge in [-0.3, -0.25) is 0 Å². The second-order valence-electron chi connectivity index (χ2n) is 4.72. The molecule has 0 amide bonds. The van der Waals surface area contributed by atoms with E-state index in [4.69, 9.17) is 26.8 Å². The number of carbonyl (C=O) groups is 1. The van der Waals surface area contributed by atoms with Crippen molar-refractivity contribution in [2.24, 2.45) is 0 Å². The Labute approximate surface area is 128 Å². The minimum Gasteiger partial charge on any atom is -0.465 e. The van der Waals surface area contributed by atoms with Gasteiger partial charge in [0.2, 0.25) is 0 Å². The first-order valence-electron chi connectivity index (χ1n) is 6.35. The van der Waals surface area contributed by atoms with E-state index in [0.717, 1.165) is 11.1 Å². The number of rotatable bonds is 3. The van der Waals surface area contributed by atoms with E-state index in [-0.39, 0.29) is 5.56 Å². The van der Waals surface area contributed by atoms with Gasteiger partial charge in [-0.25, -0.2) is 4.79 Å². The molecule has 2 aromatic carbocycles. The van der Waals surface area contributed by atoms with Crippen LogP contribution in [0.2, 0.25) is 5.02 Å². The standard InChI is InChI=1S/C16H16ClNO3/c1-9-6-12(7-10(2)15(9)17)21-14-5-4-11(18)8-13(14)16(19)20-3/h4-8H,18H2,1-3H3. The first kappa shape index (κ1) is 15.2. The highest BCUT2D eigenvalue weighted by Crippen LogP contribution is 2.31. The van der Waals surface area contributed by atoms with Crippen LogP contribution in [0.4, 0.5) is 5.69 Å². The molecule has 0 saturated heterocycles. The number of nitrogens with two attached hydrogens (primary N) is 1. The zero-order valence-electron chi connectivity index (χ0n) is 12.1. The molecule has 0 radical (unpaired) electrons. The molecule has 2 rings (SSSR count). The fourth-order valence-electron chi connectivity index (χ4n) is 2.00. The summed E-state index contributed by atoms with van der Waals surface area (Å²) in [5, 5.41) is 0.702. The number of nitrogen functional groups attached to an aromatic ring is 1. The van der Waals surface area contributed by atoms with Gasteiger partial charge in [-0.15, -0.1) is 0 Å². The number of methoxy groups -OCH3 is 1. The van der Waals surface area contributed by atoms with Crippen LogP contribution < -0.4 is 10.5 Å². The zero-order chi connectivity index (χ0) is 15.6. The average molecular weight is 306 g/mol. The molecule has 2 aromatic rings. The van der Waals surface area contributed by atoms with Crippen LogP contribution in [0.25, 0.3) is 0 Å². The molecule has 0 aliphatic heterocycles. The Bertz CT molecular complexity index is 675. The highest BCUT2D eigenvalue weighted by atomic mass is 35.5. The Hall–Kier alpha value is -2.20. The van der Waals surface area contributed by atoms with Crippen molar-refractivity contribution in [2.45, 2.75) is 13.8 Å². The van der Waals surface area contributed by atoms with Gasteiger partial charge in [-0.1, -0.05) is 11.6 Å². The maximum atomic E-state index is 11.8. The summed E-state index contributed by atoms with van der Waals surface area (Å²) < 4.78 is 10.5. The molecule has 0 spiro atoms. The van der Waals surface area contributed by atoms with Gasteiger partial charge in [-0.2, -0.15) is 0 Å². The lowest BCUT2D eigenvalue weighted by Crippen LogP contribution is -2.05. The second-order valence-corrected chi connectivity index (χ2v) is 5.10. The first-order chi connectivity index (χ1) is 9.92. The van der Waals surface area contributed by atoms with Crippen LogP contribution in [-0.2, 0) is 4.74 Å². The van der Waals surface area contributed by atoms with Gasteiger partial charge in [0.15, 0.2) is 0 Å². The van der Waals surface area contributed by atoms with Crippen LogP contribution in [0.15, 0.2) is 30.3 Å². The molecular weight excluding hydrogens is 290 g/mol. The van der Waals surface area contributed by atoms with Crippen molar-refractivity contribution < 1.29 is 14.3 Å². The summed E-state index contributed by atoms with van der Waals surface area (Å²) in [6.45, 7) is 3.79. The minimum atomic E-state index is -0.500. The van der Waals surface area contributed by atoms with E-state index in [0.29, 0.717) is 22.2 Å². The van der Waals surface area contributed by atoms with Crippen LogP contribution in [-0.4, -0.2) is 13.1 Å². The van der Waals surface area contributed by atoms with Crippen molar-refractivity contribution in [1.29, 1.82) is 0 Å². The molecule has 0 unspecified atom stereocenters. The predicted octanol–water partition coefficient (Wildman–Crippen LogP) is 4.12. The van der Waals surface area contributed by atoms with Crippen molar-refractivity contribution in [2.75, 3.05) is 12.8 Å². The van der Waals surface area contributed by atoms with Crippen LogP contribution in [0.1, 0.15) is 21.5 Å². The fraction of sp³-hybridized carbons (Fsp3) is 0.188. The Morgan fingerprint density at radius 3 is 2.33 bits per heavy atom. The number of aryl methyl sites for hydroxylation is 2. The third-order valence-electron chi connectivity index (χ3n) is 3.05. The molecule has 0 aliphatic rings. The average Bonchev–Trinajstić information content (AvgIpc) is 2.45. The first-order valence-corrected chi connectivity index (χ1v) is 6.72. The third kappa shape index (κ3) is 3.28. The Morgan fingerprint density at radius 1 is 1.14 bits per heavy atom. The van der Waals surface area contributed by atoms with E-state index in [1.165, 1.54) is 13.2 Å². The number of carbonyl (C=O) groups excluding carboxylic acids is 1. The maximum absolute atomic E-state index is 11.8. The summed E-state index contributed by atoms with van der Waals surface area (Å²) in [6.07, 6.45) is 0. The van der Waals surface area contributed by atoms with Crippen LogP contribution >= 0.6 is 11.6 Å². The number of benzene rings is 2. The topological polar surface area (TPSA) is 61.5 Å². The third-order valence-corrected chi connectivity index (χ3v) is 3.64. The monoisotopic (exact) mass is 305 g/mol. The summed E-state index contributed by atoms with van der Waals surface area (Å²) in [4.78, 5) is 11.8. The number of hydrogen-bond acceptors (Lipinski definition) is 4. The number of hydrogen-bond donors (Lipinski definition) is 1. The zero-order valence-corrected chi connectivity index (χ0v) is 12.8. The molecular formula is C16H16ClNO3. The van der Waals surface area contributed by atoms with E-state index in [1.54, 1.807) is 12.1 Å². The summed E-state index contributed by atoms with van der Waals surface area (Å²) in [5.41, 5.74) is 8.25. The summed E-state index contributed by atoms with van der Waals surface area (Å²) >= 11 is 6.13. The molecule has 0 bridgehead atoms. The molecule has 2 N–H and O–H groups in total. The Kier molecular flexibility index (Phi) is 4.38. The summed E-state index contributed by atoms with van der Waals surface area (Å²) in [7, 11) is 1.31. The van der Waals surface area contributed by atoms with Crippen LogP contribution in [0, 0.1) is 13.8 Å². The van der Waals surface area contributed by atoms with Gasteiger partial charge in [0.1, 0.15) is 17.1 Å². The Balaban J connectivity index is 2.42. The van der Waals surface area contributed by atoms with Crippen LogP contribution in [0.5, 0.6) is 11.5 Å². The summed E-state index contributed by atoms with van der Waals surface area (Å²) in [6, 6.07) is 8.45. The highest BCUT2D eigenvalue weighted by molar-refractivity contribution is 6.32. The number of halogens is 1. The second kappa shape index (κ2) is 6.06. The summed E-state index contributed by atoms with van der Waals surface area (Å²) in [5.74, 6) is 0.487. The lowest BCUT2D eigenvalue weighted by Gasteiger charge is -2.12. The Morgan fingerprint density at radius 2 is 1.76 bits per heavy atom. The SMILES string of the molecule is COC(=O)c1cc(N)ccc1Oc1cc(C)c(Cl)c(C)c1. The van der Waals surface area contributed by atoms with Crippen molar-refractivity contribution in [3.05, 3.63) is 52.0 Å². The molecule has 0 saturated carbocycles. The van der Waals surface area contributed by atoms with Gasteiger partial charge >= 0.3 is 5.97 Å². The van der Waals surface area contributed by atoms with Gasteiger partial charge in [0.05, 0.1) is 7.11 Å². The normalized spacial score (nSPS) is 10.3. The fourth-order valence-corrected chi connectivity index (χ4v) is 2.11. The molecule has 0 atom stereocenters. The van der Waals surface area contributed by atoms with Gasteiger partial charge in [0, 0.05) is 10.7 Å². The molecule has 0 aromatic heterocycles. The molecule has 110 valence electrons. The minimum absolute atomic E-state index is 0.280. The van der Waals surface area contributed by atoms with E-state index in [2.05, 4.69) is 0 Å². The molecule has 0 aliphatic carbocycles.